The summed E-state index contributed by atoms with van der Waals surface area (Å²) in [5, 5.41) is 10.1. The van der Waals surface area contributed by atoms with Crippen molar-refractivity contribution in [2.45, 2.75) is 37.0 Å². The molecule has 2 aliphatic carbocycles. The summed E-state index contributed by atoms with van der Waals surface area (Å²) in [4.78, 5) is 2.66. The highest BCUT2D eigenvalue weighted by molar-refractivity contribution is 6.30. The van der Waals surface area contributed by atoms with Gasteiger partial charge in [0.15, 0.2) is 0 Å². The molecule has 3 aliphatic rings. The molecule has 1 N–H and O–H groups in total. The normalized spacial score (nSPS) is 27.5. The fourth-order valence-electron chi connectivity index (χ4n) is 5.82. The summed E-state index contributed by atoms with van der Waals surface area (Å²) in [6.45, 7) is 3.72. The van der Waals surface area contributed by atoms with Gasteiger partial charge < -0.3 is 10.0 Å². The van der Waals surface area contributed by atoms with Crippen molar-refractivity contribution in [3.05, 3.63) is 69.7 Å². The zero-order valence-electron chi connectivity index (χ0n) is 15.1. The van der Waals surface area contributed by atoms with Gasteiger partial charge in [0.2, 0.25) is 0 Å². The van der Waals surface area contributed by atoms with E-state index in [4.69, 9.17) is 11.6 Å². The number of halogens is 1. The van der Waals surface area contributed by atoms with Gasteiger partial charge in [0.1, 0.15) is 0 Å². The van der Waals surface area contributed by atoms with Crippen molar-refractivity contribution < 1.29 is 5.11 Å². The van der Waals surface area contributed by atoms with Crippen molar-refractivity contribution in [1.82, 2.24) is 4.90 Å². The van der Waals surface area contributed by atoms with Crippen molar-refractivity contribution in [2.75, 3.05) is 26.2 Å². The number of aliphatic hydroxyl groups is 1. The van der Waals surface area contributed by atoms with Crippen molar-refractivity contribution in [1.29, 1.82) is 0 Å². The van der Waals surface area contributed by atoms with Crippen LogP contribution in [0.4, 0.5) is 0 Å². The second-order valence-electron chi connectivity index (χ2n) is 8.39. The highest BCUT2D eigenvalue weighted by Gasteiger charge is 2.53. The Morgan fingerprint density at radius 2 is 1.81 bits per heavy atom. The third kappa shape index (κ3) is 2.46. The second-order valence-corrected chi connectivity index (χ2v) is 8.83. The van der Waals surface area contributed by atoms with E-state index >= 15 is 0 Å². The molecule has 0 spiro atoms. The molecule has 0 amide bonds. The molecule has 2 nitrogen and oxygen atoms in total. The van der Waals surface area contributed by atoms with Crippen LogP contribution in [0.3, 0.4) is 0 Å². The summed E-state index contributed by atoms with van der Waals surface area (Å²) in [5.74, 6) is 1.23. The van der Waals surface area contributed by atoms with E-state index in [1.807, 2.05) is 0 Å². The van der Waals surface area contributed by atoms with Crippen LogP contribution < -0.4 is 0 Å². The van der Waals surface area contributed by atoms with Crippen LogP contribution in [-0.2, 0) is 5.41 Å². The van der Waals surface area contributed by atoms with Gasteiger partial charge in [0.25, 0.3) is 0 Å². The van der Waals surface area contributed by atoms with Crippen molar-refractivity contribution in [3.8, 4) is 0 Å². The molecule has 2 unspecified atom stereocenters. The lowest BCUT2D eigenvalue weighted by Gasteiger charge is -2.40. The summed E-state index contributed by atoms with van der Waals surface area (Å²) < 4.78 is 0. The topological polar surface area (TPSA) is 23.5 Å². The van der Waals surface area contributed by atoms with Crippen LogP contribution in [0, 0.1) is 5.92 Å². The van der Waals surface area contributed by atoms with E-state index in [1.165, 1.54) is 41.5 Å². The summed E-state index contributed by atoms with van der Waals surface area (Å²) in [6.07, 6.45) is 4.58. The molecule has 0 saturated carbocycles. The second kappa shape index (κ2) is 6.37. The highest BCUT2D eigenvalue weighted by Crippen LogP contribution is 2.60. The summed E-state index contributed by atoms with van der Waals surface area (Å²) in [5.41, 5.74) is 6.11. The molecule has 2 aromatic carbocycles. The average Bonchev–Trinajstić information content (AvgIpc) is 3.15. The summed E-state index contributed by atoms with van der Waals surface area (Å²) in [6, 6.07) is 15.6. The zero-order chi connectivity index (χ0) is 17.7. The molecule has 0 aromatic heterocycles. The first-order valence-electron chi connectivity index (χ1n) is 9.94. The molecule has 2 atom stereocenters. The fourth-order valence-corrected chi connectivity index (χ4v) is 5.99. The Kier molecular flexibility index (Phi) is 4.11. The largest absolute Gasteiger partial charge is 0.396 e. The molecule has 1 aliphatic heterocycles. The van der Waals surface area contributed by atoms with Gasteiger partial charge in [0, 0.05) is 29.5 Å². The Bertz CT molecular complexity index is 827. The lowest BCUT2D eigenvalue weighted by Crippen LogP contribution is -2.43. The number of hydrogen-bond donors (Lipinski definition) is 1. The molecule has 2 bridgehead atoms. The first-order chi connectivity index (χ1) is 12.7. The lowest BCUT2D eigenvalue weighted by molar-refractivity contribution is 0.140. The third-order valence-corrected chi connectivity index (χ3v) is 7.28. The highest BCUT2D eigenvalue weighted by atomic mass is 35.5. The molecule has 1 fully saturated rings. The molecule has 5 rings (SSSR count). The standard InChI is InChI=1S/C23H26ClNO/c24-17-5-6-19-20-14-23(22(19)13-17,21-4-2-1-3-18(20)21)15-25-10-7-16(8-11-25)9-12-26/h1-6,13,16,20,26H,7-12,14-15H2. The Labute approximate surface area is 160 Å². The number of piperidine rings is 1. The molecule has 136 valence electrons. The van der Waals surface area contributed by atoms with Crippen molar-refractivity contribution in [3.63, 3.8) is 0 Å². The minimum absolute atomic E-state index is 0.102. The van der Waals surface area contributed by atoms with Gasteiger partial charge in [-0.3, -0.25) is 0 Å². The number of fused-ring (bicyclic) bond motifs is 8. The maximum absolute atomic E-state index is 9.22. The monoisotopic (exact) mass is 367 g/mol. The van der Waals surface area contributed by atoms with E-state index in [0.29, 0.717) is 18.4 Å². The summed E-state index contributed by atoms with van der Waals surface area (Å²) in [7, 11) is 0. The number of nitrogens with zero attached hydrogens (tertiary/aromatic N) is 1. The van der Waals surface area contributed by atoms with Crippen LogP contribution in [0.2, 0.25) is 5.02 Å². The van der Waals surface area contributed by atoms with Crippen LogP contribution in [0.5, 0.6) is 0 Å². The van der Waals surface area contributed by atoms with Gasteiger partial charge in [-0.1, -0.05) is 41.9 Å². The van der Waals surface area contributed by atoms with Crippen LogP contribution in [0.25, 0.3) is 0 Å². The Balaban J connectivity index is 1.49. The molecule has 1 heterocycles. The molecule has 1 saturated heterocycles. The van der Waals surface area contributed by atoms with Crippen LogP contribution in [-0.4, -0.2) is 36.2 Å². The van der Waals surface area contributed by atoms with Crippen molar-refractivity contribution in [2.24, 2.45) is 5.92 Å². The minimum atomic E-state index is 0.102. The molecule has 3 heteroatoms. The SMILES string of the molecule is OCCC1CCN(CC23CC(c4ccccc42)c2ccc(Cl)cc23)CC1. The Hall–Kier alpha value is -1.35. The number of benzene rings is 2. The Morgan fingerprint density at radius 3 is 2.62 bits per heavy atom. The number of likely N-dealkylation sites (tertiary alicyclic amines) is 1. The lowest BCUT2D eigenvalue weighted by atomic mass is 9.74. The minimum Gasteiger partial charge on any atom is -0.396 e. The first-order valence-corrected chi connectivity index (χ1v) is 10.3. The van der Waals surface area contributed by atoms with Gasteiger partial charge >= 0.3 is 0 Å². The van der Waals surface area contributed by atoms with E-state index in [9.17, 15) is 5.11 Å². The van der Waals surface area contributed by atoms with Gasteiger partial charge in [-0.05, 0) is 79.1 Å². The number of aliphatic hydroxyl groups excluding tert-OH is 1. The smallest absolute Gasteiger partial charge is 0.0433 e. The molecular weight excluding hydrogens is 342 g/mol. The van der Waals surface area contributed by atoms with Gasteiger partial charge in [0.05, 0.1) is 0 Å². The van der Waals surface area contributed by atoms with Gasteiger partial charge in [-0.15, -0.1) is 0 Å². The van der Waals surface area contributed by atoms with E-state index in [2.05, 4.69) is 47.4 Å². The van der Waals surface area contributed by atoms with E-state index in [1.54, 1.807) is 0 Å². The van der Waals surface area contributed by atoms with Gasteiger partial charge in [-0.25, -0.2) is 0 Å². The predicted octanol–water partition coefficient (Wildman–Crippen LogP) is 4.57. The van der Waals surface area contributed by atoms with Crippen LogP contribution in [0.1, 0.15) is 53.9 Å². The van der Waals surface area contributed by atoms with E-state index in [-0.39, 0.29) is 5.41 Å². The maximum atomic E-state index is 9.22. The fraction of sp³-hybridized carbons (Fsp3) is 0.478. The molecule has 26 heavy (non-hydrogen) atoms. The number of rotatable bonds is 4. The quantitative estimate of drug-likeness (QED) is 0.855. The average molecular weight is 368 g/mol. The van der Waals surface area contributed by atoms with Crippen molar-refractivity contribution >= 4 is 11.6 Å². The Morgan fingerprint density at radius 1 is 1.04 bits per heavy atom. The molecule has 2 aromatic rings. The maximum Gasteiger partial charge on any atom is 0.0433 e. The third-order valence-electron chi connectivity index (χ3n) is 7.05. The predicted molar refractivity (Wildman–Crippen MR) is 106 cm³/mol. The zero-order valence-corrected chi connectivity index (χ0v) is 15.9. The van der Waals surface area contributed by atoms with Crippen LogP contribution >= 0.6 is 11.6 Å². The number of hydrogen-bond acceptors (Lipinski definition) is 2. The molecule has 0 radical (unpaired) electrons. The summed E-state index contributed by atoms with van der Waals surface area (Å²) >= 11 is 6.41. The van der Waals surface area contributed by atoms with Crippen LogP contribution in [0.15, 0.2) is 42.5 Å². The van der Waals surface area contributed by atoms with E-state index in [0.717, 1.165) is 31.1 Å². The van der Waals surface area contributed by atoms with Gasteiger partial charge in [-0.2, -0.15) is 0 Å². The molecular formula is C23H26ClNO. The first kappa shape index (κ1) is 16.8. The van der Waals surface area contributed by atoms with E-state index < -0.39 is 0 Å².